The van der Waals surface area contributed by atoms with Crippen molar-refractivity contribution in [2.75, 3.05) is 6.54 Å². The van der Waals surface area contributed by atoms with E-state index in [0.717, 1.165) is 5.01 Å². The van der Waals surface area contributed by atoms with Crippen LogP contribution in [0.25, 0.3) is 0 Å². The molecule has 0 fully saturated rings. The first-order valence-electron chi connectivity index (χ1n) is 6.13. The van der Waals surface area contributed by atoms with Crippen molar-refractivity contribution in [3.8, 4) is 0 Å². The Labute approximate surface area is 120 Å². The zero-order valence-corrected chi connectivity index (χ0v) is 11.7. The van der Waals surface area contributed by atoms with Crippen LogP contribution >= 0.6 is 11.3 Å². The molecule has 2 unspecified atom stereocenters. The Morgan fingerprint density at radius 1 is 1.45 bits per heavy atom. The molecule has 2 rings (SSSR count). The molecule has 7 heteroatoms. The molecule has 1 aromatic carbocycles. The topological polar surface area (TPSA) is 88.3 Å². The molecule has 1 aromatic heterocycles. The van der Waals surface area contributed by atoms with Gasteiger partial charge in [-0.25, -0.2) is 4.98 Å². The highest BCUT2D eigenvalue weighted by atomic mass is 32.1. The number of rotatable bonds is 6. The maximum Gasteiger partial charge on any atom is 0.269 e. The number of thiazole rings is 1. The molecule has 2 N–H and O–H groups in total. The maximum atomic E-state index is 10.6. The van der Waals surface area contributed by atoms with Crippen molar-refractivity contribution in [2.45, 2.75) is 19.1 Å². The van der Waals surface area contributed by atoms with Gasteiger partial charge in [-0.15, -0.1) is 11.3 Å². The van der Waals surface area contributed by atoms with Gasteiger partial charge in [-0.05, 0) is 24.6 Å². The van der Waals surface area contributed by atoms with E-state index in [-0.39, 0.29) is 11.7 Å². The average molecular weight is 293 g/mol. The Kier molecular flexibility index (Phi) is 4.78. The average Bonchev–Trinajstić information content (AvgIpc) is 2.98. The van der Waals surface area contributed by atoms with Crippen LogP contribution in [-0.4, -0.2) is 21.6 Å². The predicted molar refractivity (Wildman–Crippen MR) is 76.6 cm³/mol. The lowest BCUT2D eigenvalue weighted by atomic mass is 10.1. The monoisotopic (exact) mass is 293 g/mol. The first kappa shape index (κ1) is 14.6. The van der Waals surface area contributed by atoms with Gasteiger partial charge in [0.2, 0.25) is 0 Å². The molecule has 0 bridgehead atoms. The van der Waals surface area contributed by atoms with Gasteiger partial charge in [0.15, 0.2) is 0 Å². The van der Waals surface area contributed by atoms with Gasteiger partial charge < -0.3 is 10.4 Å². The van der Waals surface area contributed by atoms with Crippen LogP contribution in [0, 0.1) is 10.1 Å². The molecule has 0 spiro atoms. The van der Waals surface area contributed by atoms with Gasteiger partial charge in [-0.3, -0.25) is 10.1 Å². The highest BCUT2D eigenvalue weighted by Gasteiger charge is 2.13. The van der Waals surface area contributed by atoms with Gasteiger partial charge in [-0.2, -0.15) is 0 Å². The van der Waals surface area contributed by atoms with Crippen molar-refractivity contribution in [1.29, 1.82) is 0 Å². The van der Waals surface area contributed by atoms with Gasteiger partial charge in [0, 0.05) is 30.3 Å². The van der Waals surface area contributed by atoms with E-state index < -0.39 is 11.0 Å². The standard InChI is InChI=1S/C13H15N3O3S/c1-9(13-14-6-7-20-13)15-8-12(17)10-2-4-11(5-3-10)16(18)19/h2-7,9,12,15,17H,8H2,1H3. The van der Waals surface area contributed by atoms with Gasteiger partial charge >= 0.3 is 0 Å². The van der Waals surface area contributed by atoms with Crippen molar-refractivity contribution in [1.82, 2.24) is 10.3 Å². The predicted octanol–water partition coefficient (Wildman–Crippen LogP) is 2.44. The number of nitrogens with one attached hydrogen (secondary N) is 1. The summed E-state index contributed by atoms with van der Waals surface area (Å²) in [5.41, 5.74) is 0.666. The van der Waals surface area contributed by atoms with Crippen LogP contribution in [0.2, 0.25) is 0 Å². The molecule has 0 saturated carbocycles. The van der Waals surface area contributed by atoms with Crippen LogP contribution < -0.4 is 5.32 Å². The van der Waals surface area contributed by atoms with Crippen LogP contribution in [0.3, 0.4) is 0 Å². The molecule has 0 saturated heterocycles. The van der Waals surface area contributed by atoms with Gasteiger partial charge in [-0.1, -0.05) is 0 Å². The molecule has 0 aliphatic carbocycles. The van der Waals surface area contributed by atoms with E-state index in [4.69, 9.17) is 0 Å². The van der Waals surface area contributed by atoms with Crippen LogP contribution in [-0.2, 0) is 0 Å². The van der Waals surface area contributed by atoms with Crippen molar-refractivity contribution in [3.05, 3.63) is 56.5 Å². The summed E-state index contributed by atoms with van der Waals surface area (Å²) in [6, 6.07) is 5.98. The minimum atomic E-state index is -0.710. The Hall–Kier alpha value is -1.83. The summed E-state index contributed by atoms with van der Waals surface area (Å²) in [5.74, 6) is 0. The number of hydrogen-bond acceptors (Lipinski definition) is 6. The number of aromatic nitrogens is 1. The largest absolute Gasteiger partial charge is 0.387 e. The third-order valence-corrected chi connectivity index (χ3v) is 3.89. The second kappa shape index (κ2) is 6.56. The van der Waals surface area contributed by atoms with E-state index in [2.05, 4.69) is 10.3 Å². The van der Waals surface area contributed by atoms with Crippen molar-refractivity contribution in [3.63, 3.8) is 0 Å². The molecule has 0 amide bonds. The lowest BCUT2D eigenvalue weighted by Crippen LogP contribution is -2.24. The Balaban J connectivity index is 1.91. The molecule has 2 aromatic rings. The second-order valence-electron chi connectivity index (χ2n) is 4.36. The molecule has 20 heavy (non-hydrogen) atoms. The number of aliphatic hydroxyl groups is 1. The van der Waals surface area contributed by atoms with Crippen molar-refractivity contribution in [2.24, 2.45) is 0 Å². The molecular weight excluding hydrogens is 278 g/mol. The Bertz CT molecular complexity index is 557. The van der Waals surface area contributed by atoms with Gasteiger partial charge in [0.1, 0.15) is 5.01 Å². The second-order valence-corrected chi connectivity index (χ2v) is 5.29. The molecular formula is C13H15N3O3S. The van der Waals surface area contributed by atoms with Crippen molar-refractivity contribution < 1.29 is 10.0 Å². The minimum Gasteiger partial charge on any atom is -0.387 e. The zero-order valence-electron chi connectivity index (χ0n) is 10.9. The fourth-order valence-electron chi connectivity index (χ4n) is 1.76. The summed E-state index contributed by atoms with van der Waals surface area (Å²) < 4.78 is 0. The van der Waals surface area contributed by atoms with Crippen LogP contribution in [0.4, 0.5) is 5.69 Å². The molecule has 0 aliphatic rings. The first-order valence-corrected chi connectivity index (χ1v) is 7.01. The number of nitro groups is 1. The third-order valence-electron chi connectivity index (χ3n) is 2.93. The Morgan fingerprint density at radius 3 is 2.70 bits per heavy atom. The quantitative estimate of drug-likeness (QED) is 0.631. The lowest BCUT2D eigenvalue weighted by molar-refractivity contribution is -0.384. The summed E-state index contributed by atoms with van der Waals surface area (Å²) in [6.07, 6.45) is 1.03. The maximum absolute atomic E-state index is 10.6. The molecule has 2 atom stereocenters. The molecule has 0 aliphatic heterocycles. The van der Waals surface area contributed by atoms with E-state index in [9.17, 15) is 15.2 Å². The number of benzene rings is 1. The third kappa shape index (κ3) is 3.60. The van der Waals surface area contributed by atoms with E-state index in [1.165, 1.54) is 12.1 Å². The van der Waals surface area contributed by atoms with E-state index in [1.54, 1.807) is 29.7 Å². The number of hydrogen-bond donors (Lipinski definition) is 2. The van der Waals surface area contributed by atoms with Crippen LogP contribution in [0.5, 0.6) is 0 Å². The SMILES string of the molecule is CC(NCC(O)c1ccc([N+](=O)[O-])cc1)c1nccs1. The molecule has 6 nitrogen and oxygen atoms in total. The summed E-state index contributed by atoms with van der Waals surface area (Å²) in [5, 5.41) is 26.6. The fraction of sp³-hybridized carbons (Fsp3) is 0.308. The van der Waals surface area contributed by atoms with E-state index >= 15 is 0 Å². The van der Waals surface area contributed by atoms with E-state index in [1.807, 2.05) is 12.3 Å². The summed E-state index contributed by atoms with van der Waals surface area (Å²) >= 11 is 1.55. The van der Waals surface area contributed by atoms with Crippen molar-refractivity contribution >= 4 is 17.0 Å². The highest BCUT2D eigenvalue weighted by Crippen LogP contribution is 2.19. The summed E-state index contributed by atoms with van der Waals surface area (Å²) in [6.45, 7) is 2.33. The first-order chi connectivity index (χ1) is 9.58. The minimum absolute atomic E-state index is 0.0186. The molecule has 0 radical (unpaired) electrons. The highest BCUT2D eigenvalue weighted by molar-refractivity contribution is 7.09. The summed E-state index contributed by atoms with van der Waals surface area (Å²) in [4.78, 5) is 14.3. The number of nitro benzene ring substituents is 1. The smallest absolute Gasteiger partial charge is 0.269 e. The fourth-order valence-corrected chi connectivity index (χ4v) is 2.43. The molecule has 1 heterocycles. The Morgan fingerprint density at radius 2 is 2.15 bits per heavy atom. The summed E-state index contributed by atoms with van der Waals surface area (Å²) in [7, 11) is 0. The van der Waals surface area contributed by atoms with Gasteiger partial charge in [0.25, 0.3) is 5.69 Å². The normalized spacial score (nSPS) is 13.9. The number of non-ortho nitro benzene ring substituents is 1. The zero-order chi connectivity index (χ0) is 14.5. The lowest BCUT2D eigenvalue weighted by Gasteiger charge is -2.15. The van der Waals surface area contributed by atoms with Crippen LogP contribution in [0.1, 0.15) is 29.6 Å². The number of nitrogens with zero attached hydrogens (tertiary/aromatic N) is 2. The van der Waals surface area contributed by atoms with Gasteiger partial charge in [0.05, 0.1) is 17.1 Å². The number of aliphatic hydroxyl groups excluding tert-OH is 1. The van der Waals surface area contributed by atoms with E-state index in [0.29, 0.717) is 12.1 Å². The van der Waals surface area contributed by atoms with Crippen LogP contribution in [0.15, 0.2) is 35.8 Å². The molecule has 106 valence electrons.